The summed E-state index contributed by atoms with van der Waals surface area (Å²) in [5.74, 6) is -0.282. The van der Waals surface area contributed by atoms with Crippen LogP contribution in [0.25, 0.3) is 6.08 Å². The lowest BCUT2D eigenvalue weighted by Gasteiger charge is -2.34. The molecular formula is C27H24N2O2S2. The van der Waals surface area contributed by atoms with E-state index in [2.05, 4.69) is 83.1 Å². The number of thioether (sulfide) groups is 1. The summed E-state index contributed by atoms with van der Waals surface area (Å²) in [6.07, 6.45) is 1.94. The lowest BCUT2D eigenvalue weighted by Crippen LogP contribution is -2.27. The molecule has 4 nitrogen and oxygen atoms in total. The first kappa shape index (κ1) is 23.0. The summed E-state index contributed by atoms with van der Waals surface area (Å²) in [4.78, 5) is 17.4. The second-order valence-corrected chi connectivity index (χ2v) is 9.25. The fourth-order valence-electron chi connectivity index (χ4n) is 3.72. The summed E-state index contributed by atoms with van der Waals surface area (Å²) in [5, 5.41) is 13.7. The highest BCUT2D eigenvalue weighted by Gasteiger charge is 2.36. The van der Waals surface area contributed by atoms with Gasteiger partial charge in [0.25, 0.3) is 5.91 Å². The first-order valence-electron chi connectivity index (χ1n) is 10.6. The number of aromatic nitrogens is 1. The highest BCUT2D eigenvalue weighted by molar-refractivity contribution is 8.03. The Kier molecular flexibility index (Phi) is 7.73. The van der Waals surface area contributed by atoms with Gasteiger partial charge in [-0.3, -0.25) is 4.79 Å². The molecule has 0 bridgehead atoms. The summed E-state index contributed by atoms with van der Waals surface area (Å²) >= 11 is 3.11. The van der Waals surface area contributed by atoms with Crippen molar-refractivity contribution in [3.63, 3.8) is 0 Å². The van der Waals surface area contributed by atoms with Gasteiger partial charge >= 0.3 is 0 Å². The van der Waals surface area contributed by atoms with Crippen molar-refractivity contribution in [3.05, 3.63) is 129 Å². The largest absolute Gasteiger partial charge is 0.395 e. The number of nitrogens with zero attached hydrogens (tertiary/aromatic N) is 1. The Balaban J connectivity index is 1.76. The van der Waals surface area contributed by atoms with Crippen LogP contribution in [0.1, 0.15) is 32.1 Å². The Hall–Kier alpha value is -3.19. The number of aliphatic hydroxyl groups is 1. The maximum atomic E-state index is 12.4. The van der Waals surface area contributed by atoms with Gasteiger partial charge < -0.3 is 10.4 Å². The van der Waals surface area contributed by atoms with Crippen LogP contribution >= 0.6 is 23.1 Å². The summed E-state index contributed by atoms with van der Waals surface area (Å²) in [5.41, 5.74) is 5.54. The van der Waals surface area contributed by atoms with Gasteiger partial charge in [0, 0.05) is 6.54 Å². The van der Waals surface area contributed by atoms with Crippen molar-refractivity contribution in [3.8, 4) is 0 Å². The molecule has 1 amide bonds. The molecule has 1 aromatic heterocycles. The first-order chi connectivity index (χ1) is 16.3. The third kappa shape index (κ3) is 5.09. The van der Waals surface area contributed by atoms with E-state index in [1.165, 1.54) is 28.0 Å². The zero-order chi connectivity index (χ0) is 22.9. The average molecular weight is 473 g/mol. The smallest absolute Gasteiger partial charge is 0.271 e. The van der Waals surface area contributed by atoms with Crippen molar-refractivity contribution in [2.45, 2.75) is 4.75 Å². The van der Waals surface area contributed by atoms with Gasteiger partial charge in [-0.15, -0.1) is 23.1 Å². The molecule has 4 rings (SSSR count). The lowest BCUT2D eigenvalue weighted by molar-refractivity contribution is 0.0940. The fraction of sp³-hybridized carbons (Fsp3) is 0.111. The van der Waals surface area contributed by atoms with Crippen molar-refractivity contribution in [2.75, 3.05) is 13.2 Å². The van der Waals surface area contributed by atoms with E-state index < -0.39 is 4.75 Å². The minimum absolute atomic E-state index is 0.106. The van der Waals surface area contributed by atoms with Gasteiger partial charge in [0.15, 0.2) is 0 Å². The quantitative estimate of drug-likeness (QED) is 0.313. The Labute approximate surface area is 202 Å². The number of hydrogen-bond donors (Lipinski definition) is 2. The lowest BCUT2D eigenvalue weighted by atomic mass is 9.84. The van der Waals surface area contributed by atoms with E-state index in [4.69, 9.17) is 5.11 Å². The number of carbonyl (C=O) groups excluding carboxylic acids is 1. The molecule has 0 radical (unpaired) electrons. The van der Waals surface area contributed by atoms with Crippen LogP contribution in [0.4, 0.5) is 0 Å². The topological polar surface area (TPSA) is 62.2 Å². The Morgan fingerprint density at radius 1 is 0.909 bits per heavy atom. The molecule has 6 heteroatoms. The molecular weight excluding hydrogens is 448 g/mol. The number of nitrogens with one attached hydrogen (secondary N) is 1. The average Bonchev–Trinajstić information content (AvgIpc) is 3.35. The van der Waals surface area contributed by atoms with Crippen molar-refractivity contribution in [1.29, 1.82) is 0 Å². The van der Waals surface area contributed by atoms with Gasteiger partial charge in [-0.1, -0.05) is 91.0 Å². The van der Waals surface area contributed by atoms with Gasteiger partial charge in [-0.25, -0.2) is 4.98 Å². The van der Waals surface area contributed by atoms with Crippen LogP contribution in [0, 0.1) is 0 Å². The summed E-state index contributed by atoms with van der Waals surface area (Å²) in [6, 6.07) is 31.4. The van der Waals surface area contributed by atoms with Crippen molar-refractivity contribution < 1.29 is 9.90 Å². The molecule has 0 spiro atoms. The second kappa shape index (κ2) is 11.1. The third-order valence-electron chi connectivity index (χ3n) is 5.21. The van der Waals surface area contributed by atoms with Gasteiger partial charge in [0.1, 0.15) is 5.69 Å². The van der Waals surface area contributed by atoms with Crippen LogP contribution in [0.5, 0.6) is 0 Å². The first-order valence-corrected chi connectivity index (χ1v) is 12.3. The number of thiazole rings is 1. The van der Waals surface area contributed by atoms with Gasteiger partial charge in [-0.05, 0) is 28.2 Å². The summed E-state index contributed by atoms with van der Waals surface area (Å²) < 4.78 is -0.468. The Morgan fingerprint density at radius 2 is 1.42 bits per heavy atom. The van der Waals surface area contributed by atoms with E-state index in [1.807, 2.05) is 29.7 Å². The number of hydrogen-bond acceptors (Lipinski definition) is 5. The minimum Gasteiger partial charge on any atom is -0.395 e. The van der Waals surface area contributed by atoms with Crippen molar-refractivity contribution in [2.24, 2.45) is 0 Å². The van der Waals surface area contributed by atoms with Crippen LogP contribution in [-0.2, 0) is 4.75 Å². The van der Waals surface area contributed by atoms with Gasteiger partial charge in [0.2, 0.25) is 0 Å². The van der Waals surface area contributed by atoms with E-state index in [-0.39, 0.29) is 19.1 Å². The Morgan fingerprint density at radius 3 is 1.91 bits per heavy atom. The maximum absolute atomic E-state index is 12.4. The normalized spacial score (nSPS) is 11.5. The molecule has 0 atom stereocenters. The third-order valence-corrected chi connectivity index (χ3v) is 7.34. The monoisotopic (exact) mass is 472 g/mol. The van der Waals surface area contributed by atoms with Crippen LogP contribution in [-0.4, -0.2) is 29.1 Å². The molecule has 0 saturated heterocycles. The molecule has 1 heterocycles. The number of amides is 1. The molecule has 0 aliphatic heterocycles. The molecule has 2 N–H and O–H groups in total. The maximum Gasteiger partial charge on any atom is 0.271 e. The van der Waals surface area contributed by atoms with E-state index in [1.54, 1.807) is 17.3 Å². The molecule has 0 unspecified atom stereocenters. The summed E-state index contributed by atoms with van der Waals surface area (Å²) in [7, 11) is 0. The molecule has 0 fully saturated rings. The molecule has 0 aliphatic carbocycles. The van der Waals surface area contributed by atoms with Crippen LogP contribution in [0.3, 0.4) is 0 Å². The van der Waals surface area contributed by atoms with Gasteiger partial charge in [0.05, 0.1) is 21.7 Å². The summed E-state index contributed by atoms with van der Waals surface area (Å²) in [6.45, 7) is 0.0953. The van der Waals surface area contributed by atoms with E-state index in [0.29, 0.717) is 5.69 Å². The van der Waals surface area contributed by atoms with E-state index in [0.717, 1.165) is 4.88 Å². The van der Waals surface area contributed by atoms with E-state index >= 15 is 0 Å². The number of carbonyl (C=O) groups is 1. The molecule has 166 valence electrons. The predicted octanol–water partition coefficient (Wildman–Crippen LogP) is 5.56. The van der Waals surface area contributed by atoms with Crippen molar-refractivity contribution in [1.82, 2.24) is 10.3 Å². The van der Waals surface area contributed by atoms with Crippen LogP contribution < -0.4 is 5.32 Å². The standard InChI is InChI=1S/C27H24N2O2S2/c30-18-17-28-26(31)25-24(32-20-29-25)16-19-33-27(21-10-4-1-5-11-21,22-12-6-2-7-13-22)23-14-8-3-9-15-23/h1-16,19-20,30H,17-18H2,(H,28,31)/b19-16-. The zero-order valence-corrected chi connectivity index (χ0v) is 19.6. The van der Waals surface area contributed by atoms with Crippen LogP contribution in [0.2, 0.25) is 0 Å². The number of rotatable bonds is 9. The zero-order valence-electron chi connectivity index (χ0n) is 17.9. The highest BCUT2D eigenvalue weighted by atomic mass is 32.2. The van der Waals surface area contributed by atoms with Crippen molar-refractivity contribution >= 4 is 35.1 Å². The number of aliphatic hydroxyl groups excluding tert-OH is 1. The SMILES string of the molecule is O=C(NCCO)c1ncsc1/C=C\SC(c1ccccc1)(c1ccccc1)c1ccccc1. The van der Waals surface area contributed by atoms with E-state index in [9.17, 15) is 4.79 Å². The molecule has 3 aromatic carbocycles. The molecule has 0 saturated carbocycles. The Bertz CT molecular complexity index is 1100. The molecule has 4 aromatic rings. The minimum atomic E-state index is -0.468. The van der Waals surface area contributed by atoms with Gasteiger partial charge in [-0.2, -0.15) is 0 Å². The number of benzene rings is 3. The predicted molar refractivity (Wildman–Crippen MR) is 137 cm³/mol. The fourth-order valence-corrected chi connectivity index (χ4v) is 5.70. The highest BCUT2D eigenvalue weighted by Crippen LogP contribution is 2.49. The van der Waals surface area contributed by atoms with Crippen LogP contribution in [0.15, 0.2) is 102 Å². The molecule has 33 heavy (non-hydrogen) atoms. The molecule has 0 aliphatic rings. The second-order valence-electron chi connectivity index (χ2n) is 7.24.